The molecule has 1 fully saturated rings. The maximum atomic E-state index is 13.5. The van der Waals surface area contributed by atoms with E-state index in [1.54, 1.807) is 16.7 Å². The first kappa shape index (κ1) is 26.3. The van der Waals surface area contributed by atoms with Crippen LogP contribution in [0.2, 0.25) is 0 Å². The van der Waals surface area contributed by atoms with Crippen LogP contribution in [0.25, 0.3) is 0 Å². The molecule has 0 aliphatic carbocycles. The number of carbonyl (C=O) groups is 3. The highest BCUT2D eigenvalue weighted by atomic mass is 16.5. The van der Waals surface area contributed by atoms with Gasteiger partial charge in [-0.1, -0.05) is 46.8 Å². The van der Waals surface area contributed by atoms with E-state index in [2.05, 4.69) is 30.7 Å². The molecular formula is C27H36N4O4. The lowest BCUT2D eigenvalue weighted by Gasteiger charge is -2.40. The van der Waals surface area contributed by atoms with Crippen molar-refractivity contribution < 1.29 is 19.1 Å². The van der Waals surface area contributed by atoms with Crippen molar-refractivity contribution in [2.24, 2.45) is 0 Å². The molecule has 0 saturated carbocycles. The number of benzene rings is 1. The van der Waals surface area contributed by atoms with Gasteiger partial charge in [-0.05, 0) is 42.9 Å². The predicted molar refractivity (Wildman–Crippen MR) is 134 cm³/mol. The molecule has 35 heavy (non-hydrogen) atoms. The Morgan fingerprint density at radius 3 is 2.17 bits per heavy atom. The second-order valence-electron chi connectivity index (χ2n) is 10.5. The standard InChI is InChI=1S/C27H36N4O4/c1-16(2)22-21(26(34)35-8)23(29-18(4)28-22)25(33)30-13-14-31(17(3)15-30)24(32)19-9-11-20(12-10-19)27(5,6)7/h9-12,16-17H,13-15H2,1-8H3. The molecule has 0 spiro atoms. The van der Waals surface area contributed by atoms with E-state index in [0.29, 0.717) is 36.7 Å². The normalized spacial score (nSPS) is 16.4. The van der Waals surface area contributed by atoms with Gasteiger partial charge in [-0.2, -0.15) is 0 Å². The van der Waals surface area contributed by atoms with Gasteiger partial charge in [0.05, 0.1) is 12.8 Å². The highest BCUT2D eigenvalue weighted by molar-refractivity contribution is 6.05. The summed E-state index contributed by atoms with van der Waals surface area (Å²) >= 11 is 0. The van der Waals surface area contributed by atoms with Crippen molar-refractivity contribution in [3.8, 4) is 0 Å². The third-order valence-corrected chi connectivity index (χ3v) is 6.36. The molecule has 2 heterocycles. The van der Waals surface area contributed by atoms with Gasteiger partial charge >= 0.3 is 5.97 Å². The van der Waals surface area contributed by atoms with E-state index in [1.807, 2.05) is 45.0 Å². The number of hydrogen-bond acceptors (Lipinski definition) is 6. The molecule has 3 rings (SSSR count). The van der Waals surface area contributed by atoms with Crippen molar-refractivity contribution in [2.45, 2.75) is 65.8 Å². The maximum Gasteiger partial charge on any atom is 0.342 e. The largest absolute Gasteiger partial charge is 0.465 e. The smallest absolute Gasteiger partial charge is 0.342 e. The van der Waals surface area contributed by atoms with Crippen molar-refractivity contribution in [1.82, 2.24) is 19.8 Å². The minimum Gasteiger partial charge on any atom is -0.465 e. The highest BCUT2D eigenvalue weighted by Crippen LogP contribution is 2.25. The lowest BCUT2D eigenvalue weighted by atomic mass is 9.86. The molecule has 1 atom stereocenters. The van der Waals surface area contributed by atoms with Crippen molar-refractivity contribution >= 4 is 17.8 Å². The molecule has 8 nitrogen and oxygen atoms in total. The second-order valence-corrected chi connectivity index (χ2v) is 10.5. The first-order valence-corrected chi connectivity index (χ1v) is 12.0. The van der Waals surface area contributed by atoms with Gasteiger partial charge in [-0.25, -0.2) is 14.8 Å². The van der Waals surface area contributed by atoms with Crippen LogP contribution in [0, 0.1) is 6.92 Å². The van der Waals surface area contributed by atoms with Crippen LogP contribution in [-0.2, 0) is 10.2 Å². The Morgan fingerprint density at radius 2 is 1.66 bits per heavy atom. The number of amides is 2. The first-order chi connectivity index (χ1) is 16.3. The summed E-state index contributed by atoms with van der Waals surface area (Å²) in [6, 6.07) is 7.53. The summed E-state index contributed by atoms with van der Waals surface area (Å²) in [6.07, 6.45) is 0. The predicted octanol–water partition coefficient (Wildman–Crippen LogP) is 3.98. The summed E-state index contributed by atoms with van der Waals surface area (Å²) in [5, 5.41) is 0. The fourth-order valence-corrected chi connectivity index (χ4v) is 4.34. The van der Waals surface area contributed by atoms with E-state index in [4.69, 9.17) is 4.74 Å². The van der Waals surface area contributed by atoms with Crippen molar-refractivity contribution in [1.29, 1.82) is 0 Å². The zero-order chi connectivity index (χ0) is 26.1. The molecule has 0 bridgehead atoms. The Bertz CT molecular complexity index is 1120. The quantitative estimate of drug-likeness (QED) is 0.615. The molecule has 1 aliphatic heterocycles. The molecule has 0 radical (unpaired) electrons. The summed E-state index contributed by atoms with van der Waals surface area (Å²) in [6.45, 7) is 14.9. The SMILES string of the molecule is COC(=O)c1c(C(=O)N2CCN(C(=O)c3ccc(C(C)(C)C)cc3)C(C)C2)nc(C)nc1C(C)C. The number of aryl methyl sites for hydroxylation is 1. The van der Waals surface area contributed by atoms with E-state index in [1.165, 1.54) is 12.7 Å². The van der Waals surface area contributed by atoms with Crippen molar-refractivity contribution in [2.75, 3.05) is 26.7 Å². The number of rotatable bonds is 4. The van der Waals surface area contributed by atoms with Gasteiger partial charge in [-0.3, -0.25) is 9.59 Å². The Labute approximate surface area is 207 Å². The first-order valence-electron chi connectivity index (χ1n) is 12.0. The van der Waals surface area contributed by atoms with Gasteiger partial charge in [0, 0.05) is 31.2 Å². The summed E-state index contributed by atoms with van der Waals surface area (Å²) in [5.74, 6) is -0.704. The van der Waals surface area contributed by atoms with Gasteiger partial charge in [-0.15, -0.1) is 0 Å². The Kier molecular flexibility index (Phi) is 7.62. The van der Waals surface area contributed by atoms with E-state index in [9.17, 15) is 14.4 Å². The highest BCUT2D eigenvalue weighted by Gasteiger charge is 2.34. The maximum absolute atomic E-state index is 13.5. The number of esters is 1. The topological polar surface area (TPSA) is 92.7 Å². The fraction of sp³-hybridized carbons (Fsp3) is 0.519. The molecule has 1 aliphatic rings. The molecular weight excluding hydrogens is 444 g/mol. The van der Waals surface area contributed by atoms with Gasteiger partial charge in [0.2, 0.25) is 0 Å². The molecule has 1 aromatic carbocycles. The summed E-state index contributed by atoms with van der Waals surface area (Å²) in [5.41, 5.74) is 2.47. The van der Waals surface area contributed by atoms with Crippen LogP contribution in [-0.4, -0.2) is 70.3 Å². The molecule has 0 N–H and O–H groups in total. The van der Waals surface area contributed by atoms with Crippen molar-refractivity contribution in [3.05, 3.63) is 58.2 Å². The third kappa shape index (κ3) is 5.52. The lowest BCUT2D eigenvalue weighted by molar-refractivity contribution is 0.0408. The summed E-state index contributed by atoms with van der Waals surface area (Å²) < 4.78 is 4.95. The molecule has 8 heteroatoms. The summed E-state index contributed by atoms with van der Waals surface area (Å²) in [7, 11) is 1.28. The lowest BCUT2D eigenvalue weighted by Crippen LogP contribution is -2.55. The second kappa shape index (κ2) is 10.1. The van der Waals surface area contributed by atoms with E-state index < -0.39 is 5.97 Å². The van der Waals surface area contributed by atoms with Crippen LogP contribution in [0.4, 0.5) is 0 Å². The number of aromatic nitrogens is 2. The van der Waals surface area contributed by atoms with E-state index >= 15 is 0 Å². The molecule has 1 aromatic heterocycles. The Balaban J connectivity index is 1.82. The Hall–Kier alpha value is -3.29. The van der Waals surface area contributed by atoms with Gasteiger partial charge < -0.3 is 14.5 Å². The van der Waals surface area contributed by atoms with Gasteiger partial charge in [0.25, 0.3) is 11.8 Å². The monoisotopic (exact) mass is 480 g/mol. The van der Waals surface area contributed by atoms with Crippen LogP contribution in [0.3, 0.4) is 0 Å². The zero-order valence-electron chi connectivity index (χ0n) is 22.0. The average molecular weight is 481 g/mol. The van der Waals surface area contributed by atoms with Gasteiger partial charge in [0.1, 0.15) is 17.1 Å². The molecule has 1 unspecified atom stereocenters. The van der Waals surface area contributed by atoms with E-state index in [0.717, 1.165) is 0 Å². The number of hydrogen-bond donors (Lipinski definition) is 0. The number of carbonyl (C=O) groups excluding carboxylic acids is 3. The zero-order valence-corrected chi connectivity index (χ0v) is 22.0. The minimum absolute atomic E-state index is 0.0126. The van der Waals surface area contributed by atoms with Crippen LogP contribution in [0.15, 0.2) is 24.3 Å². The number of methoxy groups -OCH3 is 1. The molecule has 2 amide bonds. The number of nitrogens with zero attached hydrogens (tertiary/aromatic N) is 4. The van der Waals surface area contributed by atoms with Crippen LogP contribution in [0.5, 0.6) is 0 Å². The number of ether oxygens (including phenoxy) is 1. The van der Waals surface area contributed by atoms with Gasteiger partial charge in [0.15, 0.2) is 0 Å². The fourth-order valence-electron chi connectivity index (χ4n) is 4.34. The van der Waals surface area contributed by atoms with Crippen LogP contribution < -0.4 is 0 Å². The average Bonchev–Trinajstić information content (AvgIpc) is 2.81. The van der Waals surface area contributed by atoms with Crippen molar-refractivity contribution in [3.63, 3.8) is 0 Å². The molecule has 2 aromatic rings. The van der Waals surface area contributed by atoms with Crippen LogP contribution in [0.1, 0.15) is 95.7 Å². The third-order valence-electron chi connectivity index (χ3n) is 6.36. The summed E-state index contributed by atoms with van der Waals surface area (Å²) in [4.78, 5) is 51.5. The molecule has 188 valence electrons. The number of piperazine rings is 1. The Morgan fingerprint density at radius 1 is 1.03 bits per heavy atom. The van der Waals surface area contributed by atoms with Crippen LogP contribution >= 0.6 is 0 Å². The molecule has 1 saturated heterocycles. The minimum atomic E-state index is -0.627. The van der Waals surface area contributed by atoms with E-state index in [-0.39, 0.29) is 40.4 Å².